The summed E-state index contributed by atoms with van der Waals surface area (Å²) < 4.78 is 0. The number of carbonyl (C=O) groups excluding carboxylic acids is 2. The standard InChI is InChI=1S/C9H15N3O2/c10-9(14)7-1-2-12(7)8(13)3-6-4-11-5-6/h6-7,11H,1-5H2,(H2,10,14). The Labute approximate surface area is 82.6 Å². The summed E-state index contributed by atoms with van der Waals surface area (Å²) in [4.78, 5) is 24.1. The summed E-state index contributed by atoms with van der Waals surface area (Å²) >= 11 is 0. The van der Waals surface area contributed by atoms with E-state index in [2.05, 4.69) is 5.32 Å². The minimum atomic E-state index is -0.378. The average Bonchev–Trinajstić information content (AvgIpc) is 1.93. The molecule has 2 heterocycles. The number of rotatable bonds is 3. The molecule has 78 valence electrons. The molecule has 0 aliphatic carbocycles. The van der Waals surface area contributed by atoms with Crippen LogP contribution in [-0.2, 0) is 9.59 Å². The Balaban J connectivity index is 1.82. The Morgan fingerprint density at radius 2 is 2.14 bits per heavy atom. The predicted molar refractivity (Wildman–Crippen MR) is 50.3 cm³/mol. The Kier molecular flexibility index (Phi) is 2.41. The quantitative estimate of drug-likeness (QED) is 0.589. The van der Waals surface area contributed by atoms with Crippen LogP contribution in [0.3, 0.4) is 0 Å². The van der Waals surface area contributed by atoms with E-state index in [1.165, 1.54) is 0 Å². The second kappa shape index (κ2) is 3.57. The first kappa shape index (κ1) is 9.45. The molecule has 0 radical (unpaired) electrons. The van der Waals surface area contributed by atoms with Gasteiger partial charge in [0.15, 0.2) is 0 Å². The predicted octanol–water partition coefficient (Wildman–Crippen LogP) is -1.32. The minimum Gasteiger partial charge on any atom is -0.368 e. The number of hydrogen-bond donors (Lipinski definition) is 2. The minimum absolute atomic E-state index is 0.0755. The summed E-state index contributed by atoms with van der Waals surface area (Å²) in [5.41, 5.74) is 5.16. The zero-order valence-corrected chi connectivity index (χ0v) is 8.03. The summed E-state index contributed by atoms with van der Waals surface area (Å²) in [6.45, 7) is 2.52. The zero-order chi connectivity index (χ0) is 10.1. The number of hydrogen-bond acceptors (Lipinski definition) is 3. The monoisotopic (exact) mass is 197 g/mol. The first-order valence-electron chi connectivity index (χ1n) is 4.98. The topological polar surface area (TPSA) is 75.4 Å². The first-order chi connectivity index (χ1) is 6.68. The molecule has 1 unspecified atom stereocenters. The molecule has 2 amide bonds. The maximum atomic E-state index is 11.6. The molecule has 0 bridgehead atoms. The Morgan fingerprint density at radius 1 is 1.43 bits per heavy atom. The third-order valence-corrected chi connectivity index (χ3v) is 3.00. The molecule has 1 atom stereocenters. The van der Waals surface area contributed by atoms with E-state index in [0.29, 0.717) is 18.9 Å². The fourth-order valence-electron chi connectivity index (χ4n) is 1.84. The van der Waals surface area contributed by atoms with Gasteiger partial charge in [0.1, 0.15) is 6.04 Å². The van der Waals surface area contributed by atoms with Crippen molar-refractivity contribution in [3.8, 4) is 0 Å². The van der Waals surface area contributed by atoms with Gasteiger partial charge in [0.05, 0.1) is 0 Å². The summed E-state index contributed by atoms with van der Waals surface area (Å²) in [5.74, 6) is 0.152. The molecule has 0 saturated carbocycles. The largest absolute Gasteiger partial charge is 0.368 e. The normalized spacial score (nSPS) is 26.6. The van der Waals surface area contributed by atoms with Crippen molar-refractivity contribution in [3.63, 3.8) is 0 Å². The van der Waals surface area contributed by atoms with Gasteiger partial charge in [0.25, 0.3) is 0 Å². The number of carbonyl (C=O) groups is 2. The third kappa shape index (κ3) is 1.59. The van der Waals surface area contributed by atoms with Gasteiger partial charge in [-0.05, 0) is 25.4 Å². The van der Waals surface area contributed by atoms with Gasteiger partial charge in [0, 0.05) is 13.0 Å². The highest BCUT2D eigenvalue weighted by Gasteiger charge is 2.37. The van der Waals surface area contributed by atoms with Crippen LogP contribution in [0, 0.1) is 5.92 Å². The molecule has 14 heavy (non-hydrogen) atoms. The molecule has 0 spiro atoms. The first-order valence-corrected chi connectivity index (χ1v) is 4.98. The number of amides is 2. The highest BCUT2D eigenvalue weighted by atomic mass is 16.2. The van der Waals surface area contributed by atoms with Gasteiger partial charge in [0.2, 0.25) is 11.8 Å². The van der Waals surface area contributed by atoms with Crippen molar-refractivity contribution in [2.24, 2.45) is 11.7 Å². The lowest BCUT2D eigenvalue weighted by Crippen LogP contribution is -2.58. The van der Waals surface area contributed by atoms with Gasteiger partial charge in [-0.15, -0.1) is 0 Å². The number of nitrogens with zero attached hydrogens (tertiary/aromatic N) is 1. The SMILES string of the molecule is NC(=O)C1CCN1C(=O)CC1CNC1. The molecule has 2 saturated heterocycles. The third-order valence-electron chi connectivity index (χ3n) is 3.00. The van der Waals surface area contributed by atoms with Crippen LogP contribution in [0.4, 0.5) is 0 Å². The van der Waals surface area contributed by atoms with Gasteiger partial charge >= 0.3 is 0 Å². The average molecular weight is 197 g/mol. The number of nitrogens with two attached hydrogens (primary N) is 1. The van der Waals surface area contributed by atoms with Crippen molar-refractivity contribution in [2.75, 3.05) is 19.6 Å². The lowest BCUT2D eigenvalue weighted by Gasteiger charge is -2.40. The van der Waals surface area contributed by atoms with Gasteiger partial charge in [-0.3, -0.25) is 9.59 Å². The van der Waals surface area contributed by atoms with Crippen LogP contribution in [0.5, 0.6) is 0 Å². The molecule has 3 N–H and O–H groups in total. The van der Waals surface area contributed by atoms with Crippen LogP contribution in [0.2, 0.25) is 0 Å². The molecule has 5 nitrogen and oxygen atoms in total. The summed E-state index contributed by atoms with van der Waals surface area (Å²) in [7, 11) is 0. The van der Waals surface area contributed by atoms with Crippen molar-refractivity contribution in [3.05, 3.63) is 0 Å². The fourth-order valence-corrected chi connectivity index (χ4v) is 1.84. The van der Waals surface area contributed by atoms with Crippen LogP contribution in [0.15, 0.2) is 0 Å². The molecular weight excluding hydrogens is 182 g/mol. The van der Waals surface area contributed by atoms with Gasteiger partial charge < -0.3 is 16.0 Å². The maximum absolute atomic E-state index is 11.6. The van der Waals surface area contributed by atoms with Crippen molar-refractivity contribution in [1.82, 2.24) is 10.2 Å². The van der Waals surface area contributed by atoms with Crippen molar-refractivity contribution in [1.29, 1.82) is 0 Å². The van der Waals surface area contributed by atoms with Gasteiger partial charge in [-0.1, -0.05) is 0 Å². The van der Waals surface area contributed by atoms with Crippen LogP contribution in [-0.4, -0.2) is 42.4 Å². The van der Waals surface area contributed by atoms with Crippen molar-refractivity contribution in [2.45, 2.75) is 18.9 Å². The molecule has 2 aliphatic heterocycles. The number of nitrogens with one attached hydrogen (secondary N) is 1. The van der Waals surface area contributed by atoms with E-state index in [1.807, 2.05) is 0 Å². The smallest absolute Gasteiger partial charge is 0.240 e. The molecule has 5 heteroatoms. The van der Waals surface area contributed by atoms with Crippen LogP contribution >= 0.6 is 0 Å². The Bertz CT molecular complexity index is 263. The lowest BCUT2D eigenvalue weighted by atomic mass is 9.95. The van der Waals surface area contributed by atoms with E-state index in [1.54, 1.807) is 4.90 Å². The lowest BCUT2D eigenvalue weighted by molar-refractivity contribution is -0.147. The Morgan fingerprint density at radius 3 is 2.50 bits per heavy atom. The molecule has 0 aromatic rings. The fraction of sp³-hybridized carbons (Fsp3) is 0.778. The molecule has 0 aromatic heterocycles. The van der Waals surface area contributed by atoms with E-state index < -0.39 is 0 Å². The molecule has 0 aromatic carbocycles. The molecule has 2 rings (SSSR count). The molecule has 2 aliphatic rings. The van der Waals surface area contributed by atoms with Crippen molar-refractivity contribution >= 4 is 11.8 Å². The van der Waals surface area contributed by atoms with Crippen LogP contribution in [0.1, 0.15) is 12.8 Å². The molecule has 2 fully saturated rings. The highest BCUT2D eigenvalue weighted by Crippen LogP contribution is 2.20. The number of primary amides is 1. The summed E-state index contributed by atoms with van der Waals surface area (Å²) in [6.07, 6.45) is 1.28. The van der Waals surface area contributed by atoms with Crippen LogP contribution in [0.25, 0.3) is 0 Å². The zero-order valence-electron chi connectivity index (χ0n) is 8.03. The molecular formula is C9H15N3O2. The summed E-state index contributed by atoms with van der Waals surface area (Å²) in [6, 6.07) is -0.337. The summed E-state index contributed by atoms with van der Waals surface area (Å²) in [5, 5.41) is 3.11. The van der Waals surface area contributed by atoms with Gasteiger partial charge in [-0.25, -0.2) is 0 Å². The maximum Gasteiger partial charge on any atom is 0.240 e. The second-order valence-electron chi connectivity index (χ2n) is 4.02. The van der Waals surface area contributed by atoms with E-state index in [4.69, 9.17) is 5.73 Å². The number of likely N-dealkylation sites (tertiary alicyclic amines) is 1. The van der Waals surface area contributed by atoms with E-state index in [0.717, 1.165) is 19.5 Å². The Hall–Kier alpha value is -1.10. The van der Waals surface area contributed by atoms with E-state index >= 15 is 0 Å². The van der Waals surface area contributed by atoms with E-state index in [9.17, 15) is 9.59 Å². The highest BCUT2D eigenvalue weighted by molar-refractivity contribution is 5.88. The van der Waals surface area contributed by atoms with Gasteiger partial charge in [-0.2, -0.15) is 0 Å². The van der Waals surface area contributed by atoms with Crippen LogP contribution < -0.4 is 11.1 Å². The van der Waals surface area contributed by atoms with Crippen molar-refractivity contribution < 1.29 is 9.59 Å². The second-order valence-corrected chi connectivity index (χ2v) is 4.02. The van der Waals surface area contributed by atoms with E-state index in [-0.39, 0.29) is 17.9 Å².